The zero-order valence-electron chi connectivity index (χ0n) is 9.33. The molecule has 2 nitrogen and oxygen atoms in total. The Balaban J connectivity index is 2.45. The molecule has 1 aromatic rings. The Labute approximate surface area is 148 Å². The molecule has 0 bridgehead atoms. The van der Waals surface area contributed by atoms with Gasteiger partial charge in [-0.3, -0.25) is 0 Å². The lowest BCUT2D eigenvalue weighted by atomic mass is 9.99. The molecule has 0 atom stereocenters. The first kappa shape index (κ1) is 15.8. The van der Waals surface area contributed by atoms with Gasteiger partial charge in [-0.1, -0.05) is 6.92 Å². The summed E-state index contributed by atoms with van der Waals surface area (Å²) in [5.74, 6) is 0.780. The van der Waals surface area contributed by atoms with Crippen LogP contribution in [0, 0.1) is 0 Å². The predicted molar refractivity (Wildman–Crippen MR) is 89.4 cm³/mol. The molecule has 0 aromatic heterocycles. The Morgan fingerprint density at radius 3 is 1.72 bits per heavy atom. The minimum absolute atomic E-state index is 0.211. The number of rotatable bonds is 3. The standard InChI is InChI=1S/C11H9Br5O2/c1-2-11(3-17-4-11)18-10-8(15)6(13)5(12)7(14)9(10)16/h2-4H2,1H3. The van der Waals surface area contributed by atoms with Gasteiger partial charge in [0.25, 0.3) is 0 Å². The summed E-state index contributed by atoms with van der Waals surface area (Å²) in [6.45, 7) is 3.37. The van der Waals surface area contributed by atoms with Gasteiger partial charge in [-0.15, -0.1) is 0 Å². The molecule has 0 spiro atoms. The number of halogens is 5. The Bertz CT molecular complexity index is 450. The fraction of sp³-hybridized carbons (Fsp3) is 0.455. The van der Waals surface area contributed by atoms with Crippen LogP contribution in [0.25, 0.3) is 0 Å². The van der Waals surface area contributed by atoms with Crippen molar-refractivity contribution in [1.29, 1.82) is 0 Å². The lowest BCUT2D eigenvalue weighted by Gasteiger charge is -2.41. The minimum atomic E-state index is -0.211. The zero-order chi connectivity index (χ0) is 13.5. The van der Waals surface area contributed by atoms with Crippen LogP contribution in [0.5, 0.6) is 5.75 Å². The summed E-state index contributed by atoms with van der Waals surface area (Å²) >= 11 is 17.7. The third-order valence-corrected chi connectivity index (χ3v) is 8.88. The van der Waals surface area contributed by atoms with Gasteiger partial charge in [0.2, 0.25) is 0 Å². The second kappa shape index (κ2) is 6.02. The molecule has 2 rings (SSSR count). The normalized spacial score (nSPS) is 17.4. The first-order chi connectivity index (χ1) is 8.42. The maximum absolute atomic E-state index is 6.17. The highest BCUT2D eigenvalue weighted by Gasteiger charge is 2.40. The van der Waals surface area contributed by atoms with E-state index in [0.717, 1.165) is 34.5 Å². The summed E-state index contributed by atoms with van der Waals surface area (Å²) in [6, 6.07) is 0. The van der Waals surface area contributed by atoms with Crippen LogP contribution in [0.15, 0.2) is 22.4 Å². The van der Waals surface area contributed by atoms with E-state index in [9.17, 15) is 0 Å². The molecule has 0 N–H and O–H groups in total. The summed E-state index contributed by atoms with van der Waals surface area (Å²) in [7, 11) is 0. The van der Waals surface area contributed by atoms with E-state index >= 15 is 0 Å². The Hall–Kier alpha value is 1.38. The highest BCUT2D eigenvalue weighted by Crippen LogP contribution is 2.50. The molecule has 1 heterocycles. The molecule has 0 unspecified atom stereocenters. The molecular formula is C11H9Br5O2. The van der Waals surface area contributed by atoms with Crippen molar-refractivity contribution in [2.45, 2.75) is 18.9 Å². The van der Waals surface area contributed by atoms with Crippen LogP contribution in [0.1, 0.15) is 13.3 Å². The van der Waals surface area contributed by atoms with Crippen LogP contribution in [0.2, 0.25) is 0 Å². The zero-order valence-corrected chi connectivity index (χ0v) is 17.3. The molecule has 7 heteroatoms. The Morgan fingerprint density at radius 2 is 1.39 bits per heavy atom. The van der Waals surface area contributed by atoms with E-state index in [1.54, 1.807) is 0 Å². The predicted octanol–water partition coefficient (Wildman–Crippen LogP) is 6.06. The molecule has 0 radical (unpaired) electrons. The molecule has 0 amide bonds. The molecule has 1 fully saturated rings. The monoisotopic (exact) mass is 568 g/mol. The first-order valence-electron chi connectivity index (χ1n) is 5.20. The van der Waals surface area contributed by atoms with Crippen molar-refractivity contribution in [3.63, 3.8) is 0 Å². The van der Waals surface area contributed by atoms with Gasteiger partial charge in [0.1, 0.15) is 0 Å². The molecular weight excluding hydrogens is 564 g/mol. The van der Waals surface area contributed by atoms with E-state index in [4.69, 9.17) is 9.47 Å². The second-order valence-corrected chi connectivity index (χ2v) is 8.00. The van der Waals surface area contributed by atoms with Crippen molar-refractivity contribution in [2.75, 3.05) is 13.2 Å². The summed E-state index contributed by atoms with van der Waals surface area (Å²) in [4.78, 5) is 0. The van der Waals surface area contributed by atoms with Gasteiger partial charge in [-0.05, 0) is 86.1 Å². The molecule has 1 aliphatic heterocycles. The fourth-order valence-corrected chi connectivity index (χ4v) is 4.73. The third-order valence-electron chi connectivity index (χ3n) is 2.86. The summed E-state index contributed by atoms with van der Waals surface area (Å²) < 4.78 is 16.0. The van der Waals surface area contributed by atoms with Gasteiger partial charge in [-0.2, -0.15) is 0 Å². The molecule has 0 saturated carbocycles. The SMILES string of the molecule is CCC1(Oc2c(Br)c(Br)c(Br)c(Br)c2Br)COC1. The first-order valence-corrected chi connectivity index (χ1v) is 9.16. The quantitative estimate of drug-likeness (QED) is 0.324. The number of ether oxygens (including phenoxy) is 2. The summed E-state index contributed by atoms with van der Waals surface area (Å²) in [6.07, 6.45) is 0.914. The topological polar surface area (TPSA) is 18.5 Å². The van der Waals surface area contributed by atoms with Crippen LogP contribution in [-0.2, 0) is 4.74 Å². The van der Waals surface area contributed by atoms with E-state index in [1.165, 1.54) is 0 Å². The lowest BCUT2D eigenvalue weighted by molar-refractivity contribution is -0.163. The van der Waals surface area contributed by atoms with Crippen molar-refractivity contribution in [3.8, 4) is 5.75 Å². The number of hydrogen-bond acceptors (Lipinski definition) is 2. The highest BCUT2D eigenvalue weighted by atomic mass is 79.9. The van der Waals surface area contributed by atoms with Gasteiger partial charge in [0, 0.05) is 4.47 Å². The molecule has 1 aliphatic rings. The smallest absolute Gasteiger partial charge is 0.155 e. The van der Waals surface area contributed by atoms with Crippen molar-refractivity contribution in [1.82, 2.24) is 0 Å². The number of hydrogen-bond donors (Lipinski definition) is 0. The van der Waals surface area contributed by atoms with Crippen LogP contribution >= 0.6 is 79.6 Å². The van der Waals surface area contributed by atoms with Crippen molar-refractivity contribution >= 4 is 79.6 Å². The second-order valence-electron chi connectivity index (χ2n) is 4.03. The van der Waals surface area contributed by atoms with Crippen LogP contribution in [-0.4, -0.2) is 18.8 Å². The Morgan fingerprint density at radius 1 is 0.944 bits per heavy atom. The van der Waals surface area contributed by atoms with Crippen LogP contribution in [0.3, 0.4) is 0 Å². The molecule has 1 saturated heterocycles. The third kappa shape index (κ3) is 2.72. The van der Waals surface area contributed by atoms with Gasteiger partial charge in [-0.25, -0.2) is 0 Å². The summed E-state index contributed by atoms with van der Waals surface area (Å²) in [5.41, 5.74) is -0.211. The largest absolute Gasteiger partial charge is 0.480 e. The van der Waals surface area contributed by atoms with E-state index in [2.05, 4.69) is 86.6 Å². The van der Waals surface area contributed by atoms with E-state index in [1.807, 2.05) is 0 Å². The van der Waals surface area contributed by atoms with Crippen molar-refractivity contribution in [2.24, 2.45) is 0 Å². The van der Waals surface area contributed by atoms with Gasteiger partial charge in [0.15, 0.2) is 11.4 Å². The molecule has 100 valence electrons. The molecule has 0 aliphatic carbocycles. The summed E-state index contributed by atoms with van der Waals surface area (Å²) in [5, 5.41) is 0. The fourth-order valence-electron chi connectivity index (χ4n) is 1.56. The maximum Gasteiger partial charge on any atom is 0.155 e. The van der Waals surface area contributed by atoms with Gasteiger partial charge < -0.3 is 9.47 Å². The molecule has 18 heavy (non-hydrogen) atoms. The number of benzene rings is 1. The molecule has 1 aromatic carbocycles. The average Bonchev–Trinajstić information content (AvgIpc) is 2.32. The van der Waals surface area contributed by atoms with E-state index in [-0.39, 0.29) is 5.60 Å². The average molecular weight is 573 g/mol. The van der Waals surface area contributed by atoms with Gasteiger partial charge >= 0.3 is 0 Å². The maximum atomic E-state index is 6.17. The van der Waals surface area contributed by atoms with E-state index < -0.39 is 0 Å². The highest BCUT2D eigenvalue weighted by molar-refractivity contribution is 9.15. The lowest BCUT2D eigenvalue weighted by Crippen LogP contribution is -2.54. The Kier molecular flexibility index (Phi) is 5.27. The van der Waals surface area contributed by atoms with Gasteiger partial charge in [0.05, 0.1) is 31.1 Å². The van der Waals surface area contributed by atoms with Crippen LogP contribution < -0.4 is 4.74 Å². The van der Waals surface area contributed by atoms with E-state index in [0.29, 0.717) is 13.2 Å². The minimum Gasteiger partial charge on any atom is -0.480 e. The van der Waals surface area contributed by atoms with Crippen molar-refractivity contribution < 1.29 is 9.47 Å². The van der Waals surface area contributed by atoms with Crippen molar-refractivity contribution in [3.05, 3.63) is 22.4 Å². The van der Waals surface area contributed by atoms with Crippen LogP contribution in [0.4, 0.5) is 0 Å².